The van der Waals surface area contributed by atoms with Crippen molar-refractivity contribution in [1.29, 1.82) is 0 Å². The number of nitrogens with zero attached hydrogens (tertiary/aromatic N) is 1. The summed E-state index contributed by atoms with van der Waals surface area (Å²) < 4.78 is 0. The van der Waals surface area contributed by atoms with Crippen LogP contribution in [0.25, 0.3) is 0 Å². The number of carboxylic acid groups (broad SMARTS) is 1. The number of likely N-dealkylation sites (N-methyl/N-ethyl adjacent to an activating group) is 1. The number of carboxylic acids is 1. The third-order valence-electron chi connectivity index (χ3n) is 2.85. The van der Waals surface area contributed by atoms with Crippen molar-refractivity contribution in [2.45, 2.75) is 33.7 Å². The van der Waals surface area contributed by atoms with E-state index in [1.165, 1.54) is 11.8 Å². The molecule has 4 heteroatoms. The Morgan fingerprint density at radius 2 is 1.72 bits per heavy atom. The molecular weight excluding hydrogens is 230 g/mol. The SMILES string of the molecule is CCN(C(C)=O)C(C(=O)O)c1cc(C)cc(C)c1. The molecule has 4 nitrogen and oxygen atoms in total. The standard InChI is InChI=1S/C14H19NO3/c1-5-15(11(4)16)13(14(17)18)12-7-9(2)6-10(3)8-12/h6-8,13H,5H2,1-4H3,(H,17,18). The molecular formula is C14H19NO3. The zero-order valence-electron chi connectivity index (χ0n) is 11.2. The number of hydrogen-bond donors (Lipinski definition) is 1. The summed E-state index contributed by atoms with van der Waals surface area (Å²) in [6, 6.07) is 4.70. The molecule has 0 bridgehead atoms. The fourth-order valence-corrected chi connectivity index (χ4v) is 2.21. The van der Waals surface area contributed by atoms with E-state index in [-0.39, 0.29) is 5.91 Å². The van der Waals surface area contributed by atoms with Crippen LogP contribution < -0.4 is 0 Å². The Kier molecular flexibility index (Phi) is 4.48. The predicted octanol–water partition coefficient (Wildman–Crippen LogP) is 2.30. The molecule has 0 saturated heterocycles. The average molecular weight is 249 g/mol. The van der Waals surface area contributed by atoms with Crippen molar-refractivity contribution in [3.05, 3.63) is 34.9 Å². The molecule has 1 aromatic rings. The third-order valence-corrected chi connectivity index (χ3v) is 2.85. The predicted molar refractivity (Wildman–Crippen MR) is 69.4 cm³/mol. The lowest BCUT2D eigenvalue weighted by atomic mass is 10.00. The van der Waals surface area contributed by atoms with Crippen molar-refractivity contribution < 1.29 is 14.7 Å². The van der Waals surface area contributed by atoms with Gasteiger partial charge in [0.2, 0.25) is 5.91 Å². The Morgan fingerprint density at radius 1 is 1.22 bits per heavy atom. The summed E-state index contributed by atoms with van der Waals surface area (Å²) in [5.41, 5.74) is 2.64. The highest BCUT2D eigenvalue weighted by molar-refractivity contribution is 5.83. The molecule has 0 saturated carbocycles. The highest BCUT2D eigenvalue weighted by atomic mass is 16.4. The van der Waals surface area contributed by atoms with Crippen molar-refractivity contribution in [2.24, 2.45) is 0 Å². The normalized spacial score (nSPS) is 12.0. The quantitative estimate of drug-likeness (QED) is 0.890. The van der Waals surface area contributed by atoms with Gasteiger partial charge in [0, 0.05) is 13.5 Å². The van der Waals surface area contributed by atoms with Gasteiger partial charge in [-0.15, -0.1) is 0 Å². The van der Waals surface area contributed by atoms with Crippen molar-refractivity contribution in [3.63, 3.8) is 0 Å². The second-order valence-corrected chi connectivity index (χ2v) is 4.47. The maximum atomic E-state index is 11.5. The van der Waals surface area contributed by atoms with Crippen LogP contribution in [0.4, 0.5) is 0 Å². The van der Waals surface area contributed by atoms with Crippen molar-refractivity contribution in [1.82, 2.24) is 4.90 Å². The van der Waals surface area contributed by atoms with Gasteiger partial charge in [-0.1, -0.05) is 29.3 Å². The number of amides is 1. The van der Waals surface area contributed by atoms with Crippen molar-refractivity contribution in [3.8, 4) is 0 Å². The van der Waals surface area contributed by atoms with E-state index < -0.39 is 12.0 Å². The Labute approximate surface area is 107 Å². The molecule has 1 N–H and O–H groups in total. The van der Waals surface area contributed by atoms with Gasteiger partial charge < -0.3 is 10.0 Å². The van der Waals surface area contributed by atoms with E-state index in [2.05, 4.69) is 0 Å². The second kappa shape index (κ2) is 5.67. The lowest BCUT2D eigenvalue weighted by molar-refractivity contribution is -0.149. The Morgan fingerprint density at radius 3 is 2.06 bits per heavy atom. The number of aryl methyl sites for hydroxylation is 2. The van der Waals surface area contributed by atoms with Gasteiger partial charge in [-0.2, -0.15) is 0 Å². The van der Waals surface area contributed by atoms with Gasteiger partial charge in [-0.05, 0) is 26.3 Å². The monoisotopic (exact) mass is 249 g/mol. The summed E-state index contributed by atoms with van der Waals surface area (Å²) in [5.74, 6) is -1.24. The van der Waals surface area contributed by atoms with Gasteiger partial charge in [0.15, 0.2) is 6.04 Å². The van der Waals surface area contributed by atoms with Crippen LogP contribution in [0.1, 0.15) is 36.6 Å². The van der Waals surface area contributed by atoms with Crippen LogP contribution in [0.2, 0.25) is 0 Å². The first kappa shape index (κ1) is 14.2. The molecule has 0 heterocycles. The minimum atomic E-state index is -1.00. The molecule has 1 atom stereocenters. The summed E-state index contributed by atoms with van der Waals surface area (Å²) in [4.78, 5) is 24.3. The number of aliphatic carboxylic acids is 1. The first-order valence-electron chi connectivity index (χ1n) is 5.95. The van der Waals surface area contributed by atoms with E-state index in [9.17, 15) is 14.7 Å². The van der Waals surface area contributed by atoms with Crippen LogP contribution in [0.3, 0.4) is 0 Å². The maximum Gasteiger partial charge on any atom is 0.331 e. The summed E-state index contributed by atoms with van der Waals surface area (Å²) in [5, 5.41) is 9.36. The molecule has 0 aromatic heterocycles. The molecule has 0 aliphatic carbocycles. The van der Waals surface area contributed by atoms with E-state index in [0.717, 1.165) is 11.1 Å². The second-order valence-electron chi connectivity index (χ2n) is 4.47. The molecule has 1 unspecified atom stereocenters. The minimum Gasteiger partial charge on any atom is -0.479 e. The molecule has 0 radical (unpaired) electrons. The summed E-state index contributed by atoms with van der Waals surface area (Å²) in [6.07, 6.45) is 0. The average Bonchev–Trinajstić information content (AvgIpc) is 2.22. The smallest absolute Gasteiger partial charge is 0.331 e. The fourth-order valence-electron chi connectivity index (χ4n) is 2.21. The van der Waals surface area contributed by atoms with Gasteiger partial charge in [0.05, 0.1) is 0 Å². The zero-order chi connectivity index (χ0) is 13.9. The Bertz CT molecular complexity index is 448. The Hall–Kier alpha value is -1.84. The van der Waals surface area contributed by atoms with Crippen LogP contribution in [-0.2, 0) is 9.59 Å². The lowest BCUT2D eigenvalue weighted by Crippen LogP contribution is -2.37. The number of carbonyl (C=O) groups is 2. The molecule has 18 heavy (non-hydrogen) atoms. The molecule has 0 aliphatic rings. The van der Waals surface area contributed by atoms with Gasteiger partial charge >= 0.3 is 5.97 Å². The van der Waals surface area contributed by atoms with Crippen LogP contribution in [0, 0.1) is 13.8 Å². The first-order chi connectivity index (χ1) is 8.36. The minimum absolute atomic E-state index is 0.232. The summed E-state index contributed by atoms with van der Waals surface area (Å²) in [6.45, 7) is 7.38. The van der Waals surface area contributed by atoms with E-state index in [1.807, 2.05) is 32.0 Å². The van der Waals surface area contributed by atoms with Crippen LogP contribution >= 0.6 is 0 Å². The molecule has 0 fully saturated rings. The number of benzene rings is 1. The molecule has 98 valence electrons. The molecule has 1 amide bonds. The largest absolute Gasteiger partial charge is 0.479 e. The molecule has 1 rings (SSSR count). The number of rotatable bonds is 4. The number of carbonyl (C=O) groups excluding carboxylic acids is 1. The van der Waals surface area contributed by atoms with Gasteiger partial charge in [0.1, 0.15) is 0 Å². The van der Waals surface area contributed by atoms with E-state index in [0.29, 0.717) is 12.1 Å². The van der Waals surface area contributed by atoms with Gasteiger partial charge in [0.25, 0.3) is 0 Å². The zero-order valence-corrected chi connectivity index (χ0v) is 11.2. The van der Waals surface area contributed by atoms with E-state index in [1.54, 1.807) is 6.92 Å². The summed E-state index contributed by atoms with van der Waals surface area (Å²) in [7, 11) is 0. The molecule has 1 aromatic carbocycles. The van der Waals surface area contributed by atoms with E-state index >= 15 is 0 Å². The molecule has 0 aliphatic heterocycles. The molecule has 0 spiro atoms. The Balaban J connectivity index is 3.27. The van der Waals surface area contributed by atoms with Crippen LogP contribution in [-0.4, -0.2) is 28.4 Å². The van der Waals surface area contributed by atoms with Crippen molar-refractivity contribution in [2.75, 3.05) is 6.54 Å². The highest BCUT2D eigenvalue weighted by Gasteiger charge is 2.28. The maximum absolute atomic E-state index is 11.5. The first-order valence-corrected chi connectivity index (χ1v) is 5.95. The summed E-state index contributed by atoms with van der Waals surface area (Å²) >= 11 is 0. The van der Waals surface area contributed by atoms with Gasteiger partial charge in [-0.3, -0.25) is 4.79 Å². The number of hydrogen-bond acceptors (Lipinski definition) is 2. The topological polar surface area (TPSA) is 57.6 Å². The van der Waals surface area contributed by atoms with Gasteiger partial charge in [-0.25, -0.2) is 4.79 Å². The fraction of sp³-hybridized carbons (Fsp3) is 0.429. The van der Waals surface area contributed by atoms with Crippen LogP contribution in [0.15, 0.2) is 18.2 Å². The third kappa shape index (κ3) is 3.09. The van der Waals surface area contributed by atoms with Crippen LogP contribution in [0.5, 0.6) is 0 Å². The van der Waals surface area contributed by atoms with Crippen molar-refractivity contribution >= 4 is 11.9 Å². The van der Waals surface area contributed by atoms with E-state index in [4.69, 9.17) is 0 Å². The highest BCUT2D eigenvalue weighted by Crippen LogP contribution is 2.23. The lowest BCUT2D eigenvalue weighted by Gasteiger charge is -2.27.